The van der Waals surface area contributed by atoms with Crippen LogP contribution in [0.3, 0.4) is 0 Å². The number of alkyl carbamates (subject to hydrolysis) is 1. The quantitative estimate of drug-likeness (QED) is 0.393. The van der Waals surface area contributed by atoms with E-state index in [2.05, 4.69) is 34.9 Å². The Balaban J connectivity index is 1.30. The van der Waals surface area contributed by atoms with Crippen molar-refractivity contribution in [3.63, 3.8) is 0 Å². The molecular formula is C27H34N2O5. The molecule has 0 radical (unpaired) electrons. The summed E-state index contributed by atoms with van der Waals surface area (Å²) in [4.78, 5) is 35.3. The normalized spacial score (nSPS) is 13.1. The van der Waals surface area contributed by atoms with Crippen LogP contribution in [-0.2, 0) is 14.3 Å². The van der Waals surface area contributed by atoms with Gasteiger partial charge in [0.25, 0.3) is 0 Å². The first kappa shape index (κ1) is 25.3. The van der Waals surface area contributed by atoms with Crippen molar-refractivity contribution >= 4 is 18.0 Å². The van der Waals surface area contributed by atoms with Crippen molar-refractivity contribution in [3.8, 4) is 11.1 Å². The third kappa shape index (κ3) is 6.59. The molecule has 2 aromatic carbocycles. The van der Waals surface area contributed by atoms with Gasteiger partial charge in [0.15, 0.2) is 0 Å². The molecule has 0 saturated carbocycles. The average Bonchev–Trinajstić information content (AvgIpc) is 3.14. The maximum atomic E-state index is 12.2. The van der Waals surface area contributed by atoms with Gasteiger partial charge in [-0.05, 0) is 41.0 Å². The Kier molecular flexibility index (Phi) is 9.08. The van der Waals surface area contributed by atoms with Gasteiger partial charge in [0, 0.05) is 18.9 Å². The number of hydrogen-bond acceptors (Lipinski definition) is 4. The highest BCUT2D eigenvalue weighted by molar-refractivity contribution is 5.83. The molecule has 0 aromatic heterocycles. The summed E-state index contributed by atoms with van der Waals surface area (Å²) in [6.45, 7) is 4.34. The van der Waals surface area contributed by atoms with E-state index in [9.17, 15) is 14.4 Å². The number of carbonyl (C=O) groups is 3. The van der Waals surface area contributed by atoms with Gasteiger partial charge < -0.3 is 20.5 Å². The van der Waals surface area contributed by atoms with E-state index in [4.69, 9.17) is 9.84 Å². The predicted octanol–water partition coefficient (Wildman–Crippen LogP) is 4.70. The zero-order valence-corrected chi connectivity index (χ0v) is 19.9. The fourth-order valence-corrected chi connectivity index (χ4v) is 4.36. The molecule has 0 spiro atoms. The summed E-state index contributed by atoms with van der Waals surface area (Å²) >= 11 is 0. The van der Waals surface area contributed by atoms with Crippen LogP contribution in [0.15, 0.2) is 48.5 Å². The molecule has 34 heavy (non-hydrogen) atoms. The molecule has 7 heteroatoms. The van der Waals surface area contributed by atoms with Gasteiger partial charge in [0.05, 0.1) is 0 Å². The molecular weight excluding hydrogens is 432 g/mol. The monoisotopic (exact) mass is 466 g/mol. The number of hydrogen-bond donors (Lipinski definition) is 3. The third-order valence-corrected chi connectivity index (χ3v) is 6.19. The van der Waals surface area contributed by atoms with Gasteiger partial charge in [-0.1, -0.05) is 75.2 Å². The number of nitrogens with one attached hydrogen (secondary N) is 2. The van der Waals surface area contributed by atoms with Crippen LogP contribution in [0.25, 0.3) is 11.1 Å². The van der Waals surface area contributed by atoms with Crippen molar-refractivity contribution in [2.45, 2.75) is 57.9 Å². The highest BCUT2D eigenvalue weighted by Gasteiger charge is 2.29. The summed E-state index contributed by atoms with van der Waals surface area (Å²) < 4.78 is 5.52. The Hall–Kier alpha value is -3.35. The van der Waals surface area contributed by atoms with E-state index < -0.39 is 18.1 Å². The summed E-state index contributed by atoms with van der Waals surface area (Å²) in [5, 5.41) is 14.5. The lowest BCUT2D eigenvalue weighted by molar-refractivity contribution is -0.143. The van der Waals surface area contributed by atoms with Crippen molar-refractivity contribution in [3.05, 3.63) is 59.7 Å². The Morgan fingerprint density at radius 2 is 1.50 bits per heavy atom. The molecule has 182 valence electrons. The van der Waals surface area contributed by atoms with Crippen molar-refractivity contribution in [1.29, 1.82) is 0 Å². The number of unbranched alkanes of at least 4 members (excludes halogenated alkanes) is 3. The van der Waals surface area contributed by atoms with Gasteiger partial charge in [0.1, 0.15) is 12.6 Å². The molecule has 1 atom stereocenters. The maximum absolute atomic E-state index is 12.2. The van der Waals surface area contributed by atoms with Crippen LogP contribution in [0.5, 0.6) is 0 Å². The van der Waals surface area contributed by atoms with Crippen LogP contribution >= 0.6 is 0 Å². The van der Waals surface area contributed by atoms with Crippen LogP contribution in [0, 0.1) is 5.92 Å². The minimum atomic E-state index is -1.01. The highest BCUT2D eigenvalue weighted by Crippen LogP contribution is 2.44. The molecule has 1 aliphatic carbocycles. The lowest BCUT2D eigenvalue weighted by atomic mass is 9.98. The van der Waals surface area contributed by atoms with Crippen LogP contribution in [0.1, 0.15) is 63.0 Å². The Morgan fingerprint density at radius 3 is 2.09 bits per heavy atom. The fourth-order valence-electron chi connectivity index (χ4n) is 4.36. The number of carboxylic acids is 1. The maximum Gasteiger partial charge on any atom is 0.407 e. The first-order valence-electron chi connectivity index (χ1n) is 12.0. The number of carbonyl (C=O) groups excluding carboxylic acids is 2. The Bertz CT molecular complexity index is 959. The van der Waals surface area contributed by atoms with E-state index in [0.717, 1.165) is 19.3 Å². The smallest absolute Gasteiger partial charge is 0.407 e. The van der Waals surface area contributed by atoms with E-state index in [-0.39, 0.29) is 17.7 Å². The van der Waals surface area contributed by atoms with Crippen LogP contribution in [-0.4, -0.2) is 42.3 Å². The van der Waals surface area contributed by atoms with Crippen molar-refractivity contribution in [2.24, 2.45) is 5.92 Å². The molecule has 0 bridgehead atoms. The van der Waals surface area contributed by atoms with E-state index >= 15 is 0 Å². The molecule has 3 N–H and O–H groups in total. The van der Waals surface area contributed by atoms with Gasteiger partial charge in [-0.25, -0.2) is 9.59 Å². The molecule has 2 aromatic rings. The summed E-state index contributed by atoms with van der Waals surface area (Å²) in [5.74, 6) is -1.37. The zero-order valence-electron chi connectivity index (χ0n) is 19.9. The average molecular weight is 467 g/mol. The second-order valence-corrected chi connectivity index (χ2v) is 9.04. The lowest BCUT2D eigenvalue weighted by Gasteiger charge is -2.17. The molecule has 0 unspecified atom stereocenters. The van der Waals surface area contributed by atoms with Gasteiger partial charge in [-0.15, -0.1) is 0 Å². The summed E-state index contributed by atoms with van der Waals surface area (Å²) in [7, 11) is 0. The number of rotatable bonds is 12. The molecule has 7 nitrogen and oxygen atoms in total. The van der Waals surface area contributed by atoms with Crippen molar-refractivity contribution in [1.82, 2.24) is 10.6 Å². The van der Waals surface area contributed by atoms with E-state index in [0.29, 0.717) is 26.0 Å². The summed E-state index contributed by atoms with van der Waals surface area (Å²) in [6.07, 6.45) is 3.05. The number of amides is 2. The number of aliphatic carboxylic acids is 1. The zero-order chi connectivity index (χ0) is 24.5. The largest absolute Gasteiger partial charge is 0.480 e. The Morgan fingerprint density at radius 1 is 0.912 bits per heavy atom. The molecule has 0 saturated heterocycles. The summed E-state index contributed by atoms with van der Waals surface area (Å²) in [6, 6.07) is 15.6. The van der Waals surface area contributed by atoms with Crippen molar-refractivity contribution in [2.75, 3.05) is 13.2 Å². The molecule has 0 heterocycles. The van der Waals surface area contributed by atoms with Crippen LogP contribution in [0.2, 0.25) is 0 Å². The number of carboxylic acid groups (broad SMARTS) is 1. The van der Waals surface area contributed by atoms with Crippen LogP contribution < -0.4 is 10.6 Å². The molecule has 0 fully saturated rings. The van der Waals surface area contributed by atoms with Crippen LogP contribution in [0.4, 0.5) is 4.79 Å². The van der Waals surface area contributed by atoms with E-state index in [1.54, 1.807) is 13.8 Å². The highest BCUT2D eigenvalue weighted by atomic mass is 16.5. The van der Waals surface area contributed by atoms with Gasteiger partial charge in [0.2, 0.25) is 5.91 Å². The Labute approximate surface area is 200 Å². The topological polar surface area (TPSA) is 105 Å². The lowest BCUT2D eigenvalue weighted by Crippen LogP contribution is -2.44. The molecule has 3 rings (SSSR count). The summed E-state index contributed by atoms with van der Waals surface area (Å²) in [5.41, 5.74) is 4.76. The number of fused-ring (bicyclic) bond motifs is 3. The van der Waals surface area contributed by atoms with E-state index in [1.165, 1.54) is 22.3 Å². The second-order valence-electron chi connectivity index (χ2n) is 9.04. The first-order chi connectivity index (χ1) is 16.4. The fraction of sp³-hybridized carbons (Fsp3) is 0.444. The first-order valence-corrected chi connectivity index (χ1v) is 12.0. The van der Waals surface area contributed by atoms with Gasteiger partial charge in [-0.2, -0.15) is 0 Å². The number of benzene rings is 2. The second kappa shape index (κ2) is 12.2. The minimum absolute atomic E-state index is 0.0423. The van der Waals surface area contributed by atoms with Gasteiger partial charge in [-0.3, -0.25) is 4.79 Å². The molecule has 0 aliphatic heterocycles. The molecule has 1 aliphatic rings. The van der Waals surface area contributed by atoms with Crippen molar-refractivity contribution < 1.29 is 24.2 Å². The number of ether oxygens (including phenoxy) is 1. The predicted molar refractivity (Wildman–Crippen MR) is 131 cm³/mol. The van der Waals surface area contributed by atoms with E-state index in [1.807, 2.05) is 24.3 Å². The minimum Gasteiger partial charge on any atom is -0.480 e. The SMILES string of the molecule is CC(C)[C@H](NC(=O)CCCCCCNC(=O)OCC1c2ccccc2-c2ccccc21)C(=O)O. The van der Waals surface area contributed by atoms with Gasteiger partial charge >= 0.3 is 12.1 Å². The molecule has 2 amide bonds. The standard InChI is InChI=1S/C27H34N2O5/c1-18(2)25(26(31)32)29-24(30)15-5-3-4-10-16-28-27(33)34-17-23-21-13-8-6-11-19(21)20-12-7-9-14-22(20)23/h6-9,11-14,18,23,25H,3-5,10,15-17H2,1-2H3,(H,28,33)(H,29,30)(H,31,32)/t25-/m0/s1. The third-order valence-electron chi connectivity index (χ3n) is 6.19.